The summed E-state index contributed by atoms with van der Waals surface area (Å²) in [7, 11) is 0. The fourth-order valence-electron chi connectivity index (χ4n) is 2.04. The predicted molar refractivity (Wildman–Crippen MR) is 78.2 cm³/mol. The quantitative estimate of drug-likeness (QED) is 0.632. The zero-order valence-corrected chi connectivity index (χ0v) is 12.2. The number of nitrogens with one attached hydrogen (secondary N) is 1. The van der Waals surface area contributed by atoms with Gasteiger partial charge in [0, 0.05) is 6.54 Å². The molecule has 104 valence electrons. The lowest BCUT2D eigenvalue weighted by atomic mass is 9.95. The van der Waals surface area contributed by atoms with Crippen molar-refractivity contribution in [3.8, 4) is 0 Å². The van der Waals surface area contributed by atoms with Crippen LogP contribution in [0.4, 0.5) is 0 Å². The van der Waals surface area contributed by atoms with Crippen LogP contribution in [-0.4, -0.2) is 19.1 Å². The molecule has 0 heterocycles. The maximum Gasteiger partial charge on any atom is 0.327 e. The van der Waals surface area contributed by atoms with Crippen molar-refractivity contribution in [1.82, 2.24) is 5.32 Å². The number of benzene rings is 1. The average molecular weight is 261 g/mol. The van der Waals surface area contributed by atoms with Gasteiger partial charge in [-0.15, -0.1) is 6.58 Å². The molecule has 3 heteroatoms. The zero-order valence-electron chi connectivity index (χ0n) is 12.2. The molecular weight excluding hydrogens is 238 g/mol. The second kappa shape index (κ2) is 7.10. The summed E-state index contributed by atoms with van der Waals surface area (Å²) in [4.78, 5) is 12.1. The summed E-state index contributed by atoms with van der Waals surface area (Å²) in [6.45, 7) is 12.6. The summed E-state index contributed by atoms with van der Waals surface area (Å²) in [6.07, 6.45) is 1.74. The lowest BCUT2D eigenvalue weighted by Gasteiger charge is -2.20. The maximum absolute atomic E-state index is 12.1. The molecule has 0 bridgehead atoms. The molecular formula is C16H23NO2. The lowest BCUT2D eigenvalue weighted by Crippen LogP contribution is -2.31. The molecule has 1 aromatic carbocycles. The number of rotatable bonds is 6. The summed E-state index contributed by atoms with van der Waals surface area (Å²) < 4.78 is 5.14. The van der Waals surface area contributed by atoms with Crippen LogP contribution in [0.1, 0.15) is 35.2 Å². The van der Waals surface area contributed by atoms with Gasteiger partial charge in [-0.1, -0.05) is 18.2 Å². The van der Waals surface area contributed by atoms with Crippen molar-refractivity contribution in [3.63, 3.8) is 0 Å². The largest absolute Gasteiger partial charge is 0.465 e. The molecule has 0 radical (unpaired) electrons. The minimum absolute atomic E-state index is 0.240. The minimum Gasteiger partial charge on any atom is -0.465 e. The Labute approximate surface area is 115 Å². The fraction of sp³-hybridized carbons (Fsp3) is 0.438. The van der Waals surface area contributed by atoms with E-state index in [9.17, 15) is 4.79 Å². The molecule has 3 nitrogen and oxygen atoms in total. The number of esters is 1. The highest BCUT2D eigenvalue weighted by Crippen LogP contribution is 2.23. The van der Waals surface area contributed by atoms with Gasteiger partial charge < -0.3 is 4.74 Å². The van der Waals surface area contributed by atoms with Gasteiger partial charge in [0.05, 0.1) is 6.61 Å². The standard InChI is InChI=1S/C16H23NO2/c1-6-8-17-15(16(18)19-7-2)14-10-12(4)11(3)9-13(14)5/h6,9-10,15,17H,1,7-8H2,2-5H3. The van der Waals surface area contributed by atoms with Crippen LogP contribution in [0.5, 0.6) is 0 Å². The molecule has 1 unspecified atom stereocenters. The Morgan fingerprint density at radius 3 is 2.53 bits per heavy atom. The van der Waals surface area contributed by atoms with Crippen LogP contribution in [0.15, 0.2) is 24.8 Å². The van der Waals surface area contributed by atoms with Crippen LogP contribution < -0.4 is 5.32 Å². The highest BCUT2D eigenvalue weighted by molar-refractivity contribution is 5.78. The van der Waals surface area contributed by atoms with E-state index in [2.05, 4.69) is 31.0 Å². The molecule has 0 aliphatic rings. The van der Waals surface area contributed by atoms with E-state index in [4.69, 9.17) is 4.74 Å². The highest BCUT2D eigenvalue weighted by atomic mass is 16.5. The van der Waals surface area contributed by atoms with Crippen LogP contribution in [0.25, 0.3) is 0 Å². The number of aryl methyl sites for hydroxylation is 3. The van der Waals surface area contributed by atoms with E-state index in [-0.39, 0.29) is 5.97 Å². The van der Waals surface area contributed by atoms with Crippen molar-refractivity contribution in [3.05, 3.63) is 47.0 Å². The number of hydrogen-bond donors (Lipinski definition) is 1. The first-order valence-corrected chi connectivity index (χ1v) is 6.59. The number of hydrogen-bond acceptors (Lipinski definition) is 3. The minimum atomic E-state index is -0.433. The van der Waals surface area contributed by atoms with Crippen molar-refractivity contribution in [2.24, 2.45) is 0 Å². The van der Waals surface area contributed by atoms with E-state index in [1.807, 2.05) is 20.8 Å². The van der Waals surface area contributed by atoms with E-state index in [0.717, 1.165) is 11.1 Å². The molecule has 0 aliphatic heterocycles. The predicted octanol–water partition coefficient (Wildman–Crippen LogP) is 2.99. The Bertz CT molecular complexity index is 466. The first kappa shape index (κ1) is 15.4. The van der Waals surface area contributed by atoms with Crippen LogP contribution in [-0.2, 0) is 9.53 Å². The second-order valence-corrected chi connectivity index (χ2v) is 4.68. The van der Waals surface area contributed by atoms with Gasteiger partial charge in [-0.3, -0.25) is 5.32 Å². The van der Waals surface area contributed by atoms with Crippen molar-refractivity contribution in [2.45, 2.75) is 33.7 Å². The van der Waals surface area contributed by atoms with Crippen LogP contribution in [0.2, 0.25) is 0 Å². The van der Waals surface area contributed by atoms with Gasteiger partial charge in [0.25, 0.3) is 0 Å². The van der Waals surface area contributed by atoms with Crippen molar-refractivity contribution in [1.29, 1.82) is 0 Å². The van der Waals surface area contributed by atoms with Gasteiger partial charge in [0.1, 0.15) is 6.04 Å². The highest BCUT2D eigenvalue weighted by Gasteiger charge is 2.23. The number of carbonyl (C=O) groups is 1. The summed E-state index contributed by atoms with van der Waals surface area (Å²) >= 11 is 0. The molecule has 0 saturated heterocycles. The first-order chi connectivity index (χ1) is 9.01. The number of ether oxygens (including phenoxy) is 1. The van der Waals surface area contributed by atoms with Gasteiger partial charge in [0.2, 0.25) is 0 Å². The van der Waals surface area contributed by atoms with Gasteiger partial charge in [0.15, 0.2) is 0 Å². The summed E-state index contributed by atoms with van der Waals surface area (Å²) in [5.74, 6) is -0.240. The zero-order chi connectivity index (χ0) is 14.4. The lowest BCUT2D eigenvalue weighted by molar-refractivity contribution is -0.145. The Kier molecular flexibility index (Phi) is 5.77. The number of carbonyl (C=O) groups excluding carboxylic acids is 1. The fourth-order valence-corrected chi connectivity index (χ4v) is 2.04. The summed E-state index contributed by atoms with van der Waals surface area (Å²) in [5, 5.41) is 3.17. The molecule has 1 aromatic rings. The Morgan fingerprint density at radius 1 is 1.32 bits per heavy atom. The molecule has 0 saturated carbocycles. The van der Waals surface area contributed by atoms with Crippen LogP contribution in [0, 0.1) is 20.8 Å². The molecule has 1 atom stereocenters. The van der Waals surface area contributed by atoms with E-state index < -0.39 is 6.04 Å². The third kappa shape index (κ3) is 3.93. The molecule has 0 aliphatic carbocycles. The smallest absolute Gasteiger partial charge is 0.327 e. The average Bonchev–Trinajstić information content (AvgIpc) is 2.36. The molecule has 0 fully saturated rings. The van der Waals surface area contributed by atoms with E-state index in [1.165, 1.54) is 11.1 Å². The van der Waals surface area contributed by atoms with Gasteiger partial charge >= 0.3 is 5.97 Å². The third-order valence-electron chi connectivity index (χ3n) is 3.18. The SMILES string of the molecule is C=CCNC(C(=O)OCC)c1cc(C)c(C)cc1C. The molecule has 1 rings (SSSR count). The topological polar surface area (TPSA) is 38.3 Å². The Balaban J connectivity index is 3.12. The van der Waals surface area contributed by atoms with Crippen molar-refractivity contribution >= 4 is 5.97 Å². The Hall–Kier alpha value is -1.61. The van der Waals surface area contributed by atoms with Gasteiger partial charge in [-0.05, 0) is 49.9 Å². The molecule has 0 spiro atoms. The summed E-state index contributed by atoms with van der Waals surface area (Å²) in [6, 6.07) is 3.73. The third-order valence-corrected chi connectivity index (χ3v) is 3.18. The van der Waals surface area contributed by atoms with Crippen molar-refractivity contribution in [2.75, 3.05) is 13.2 Å². The van der Waals surface area contributed by atoms with E-state index in [1.54, 1.807) is 6.08 Å². The molecule has 0 amide bonds. The second-order valence-electron chi connectivity index (χ2n) is 4.68. The Morgan fingerprint density at radius 2 is 1.95 bits per heavy atom. The first-order valence-electron chi connectivity index (χ1n) is 6.59. The van der Waals surface area contributed by atoms with Crippen LogP contribution in [0.3, 0.4) is 0 Å². The maximum atomic E-state index is 12.1. The monoisotopic (exact) mass is 261 g/mol. The van der Waals surface area contributed by atoms with Gasteiger partial charge in [-0.25, -0.2) is 4.79 Å². The van der Waals surface area contributed by atoms with Crippen molar-refractivity contribution < 1.29 is 9.53 Å². The molecule has 1 N–H and O–H groups in total. The molecule has 0 aromatic heterocycles. The normalized spacial score (nSPS) is 12.0. The van der Waals surface area contributed by atoms with Gasteiger partial charge in [-0.2, -0.15) is 0 Å². The molecule has 19 heavy (non-hydrogen) atoms. The van der Waals surface area contributed by atoms with E-state index in [0.29, 0.717) is 13.2 Å². The van der Waals surface area contributed by atoms with E-state index >= 15 is 0 Å². The van der Waals surface area contributed by atoms with Crippen LogP contribution >= 0.6 is 0 Å². The summed E-state index contributed by atoms with van der Waals surface area (Å²) in [5.41, 5.74) is 4.48.